The molecule has 0 aliphatic rings. The maximum Gasteiger partial charge on any atom is 0.216 e. The Balaban J connectivity index is 2.54. The second kappa shape index (κ2) is 8.18. The fourth-order valence-corrected chi connectivity index (χ4v) is 2.96. The zero-order valence-corrected chi connectivity index (χ0v) is 13.7. The minimum Gasteiger partial charge on any atom is -0.491 e. The maximum atomic E-state index is 10.7. The number of benzene rings is 1. The molecule has 4 nitrogen and oxygen atoms in total. The molecular formula is C13H14Br2N2O2. The van der Waals surface area contributed by atoms with Gasteiger partial charge in [-0.2, -0.15) is 5.26 Å². The first kappa shape index (κ1) is 16.0. The summed E-state index contributed by atoms with van der Waals surface area (Å²) in [5, 5.41) is 11.4. The van der Waals surface area contributed by atoms with Crippen LogP contribution in [0.1, 0.15) is 18.9 Å². The highest BCUT2D eigenvalue weighted by Gasteiger charge is 2.09. The van der Waals surface area contributed by atoms with Crippen molar-refractivity contribution in [3.63, 3.8) is 0 Å². The molecule has 0 aromatic heterocycles. The summed E-state index contributed by atoms with van der Waals surface area (Å²) in [6.07, 6.45) is 1.10. The predicted molar refractivity (Wildman–Crippen MR) is 80.0 cm³/mol. The van der Waals surface area contributed by atoms with E-state index in [1.54, 1.807) is 0 Å². The topological polar surface area (TPSA) is 62.1 Å². The Labute approximate surface area is 129 Å². The first-order valence-electron chi connectivity index (χ1n) is 5.76. The van der Waals surface area contributed by atoms with E-state index in [1.165, 1.54) is 6.92 Å². The molecule has 1 rings (SSSR count). The molecule has 102 valence electrons. The monoisotopic (exact) mass is 388 g/mol. The number of carbonyl (C=O) groups excluding carboxylic acids is 1. The van der Waals surface area contributed by atoms with Gasteiger partial charge in [-0.05, 0) is 56.0 Å². The lowest BCUT2D eigenvalue weighted by atomic mass is 10.2. The van der Waals surface area contributed by atoms with Crippen molar-refractivity contribution in [1.29, 1.82) is 5.26 Å². The van der Waals surface area contributed by atoms with Crippen LogP contribution in [0.25, 0.3) is 0 Å². The van der Waals surface area contributed by atoms with Gasteiger partial charge in [0.25, 0.3) is 0 Å². The third kappa shape index (κ3) is 5.62. The van der Waals surface area contributed by atoms with Crippen LogP contribution in [0.15, 0.2) is 21.1 Å². The molecule has 0 saturated heterocycles. The molecule has 6 heteroatoms. The normalized spacial score (nSPS) is 9.79. The SMILES string of the molecule is CC(=O)NCCCOc1c(Br)cc(CC#N)cc1Br. The fourth-order valence-electron chi connectivity index (χ4n) is 1.45. The molecule has 0 bridgehead atoms. The van der Waals surface area contributed by atoms with Crippen LogP contribution < -0.4 is 10.1 Å². The zero-order valence-electron chi connectivity index (χ0n) is 10.5. The van der Waals surface area contributed by atoms with Gasteiger partial charge in [-0.15, -0.1) is 0 Å². The van der Waals surface area contributed by atoms with Crippen LogP contribution in [-0.2, 0) is 11.2 Å². The number of nitriles is 1. The second-order valence-corrected chi connectivity index (χ2v) is 5.62. The molecule has 0 aliphatic carbocycles. The summed E-state index contributed by atoms with van der Waals surface area (Å²) in [7, 11) is 0. The van der Waals surface area contributed by atoms with Crippen molar-refractivity contribution in [3.05, 3.63) is 26.6 Å². The second-order valence-electron chi connectivity index (χ2n) is 3.91. The van der Waals surface area contributed by atoms with Crippen molar-refractivity contribution >= 4 is 37.8 Å². The van der Waals surface area contributed by atoms with Crippen molar-refractivity contribution < 1.29 is 9.53 Å². The van der Waals surface area contributed by atoms with Crippen LogP contribution in [0.5, 0.6) is 5.75 Å². The first-order valence-corrected chi connectivity index (χ1v) is 7.35. The highest BCUT2D eigenvalue weighted by Crippen LogP contribution is 2.34. The molecule has 0 heterocycles. The number of ether oxygens (including phenoxy) is 1. The standard InChI is InChI=1S/C13H14Br2N2O2/c1-9(18)17-5-2-6-19-13-11(14)7-10(3-4-16)8-12(13)15/h7-8H,2-3,5-6H2,1H3,(H,17,18). The number of amides is 1. The van der Waals surface area contributed by atoms with E-state index in [4.69, 9.17) is 10.00 Å². The minimum absolute atomic E-state index is 0.0387. The van der Waals surface area contributed by atoms with Gasteiger partial charge in [0.05, 0.1) is 28.0 Å². The van der Waals surface area contributed by atoms with Crippen molar-refractivity contribution in [3.8, 4) is 11.8 Å². The molecule has 19 heavy (non-hydrogen) atoms. The third-order valence-corrected chi connectivity index (χ3v) is 3.46. The van der Waals surface area contributed by atoms with Crippen LogP contribution in [0.3, 0.4) is 0 Å². The largest absolute Gasteiger partial charge is 0.491 e. The molecule has 0 radical (unpaired) electrons. The van der Waals surface area contributed by atoms with E-state index in [9.17, 15) is 4.79 Å². The van der Waals surface area contributed by atoms with E-state index in [-0.39, 0.29) is 5.91 Å². The fraction of sp³-hybridized carbons (Fsp3) is 0.385. The first-order chi connectivity index (χ1) is 9.04. The quantitative estimate of drug-likeness (QED) is 0.760. The number of hydrogen-bond donors (Lipinski definition) is 1. The van der Waals surface area contributed by atoms with Crippen molar-refractivity contribution in [2.24, 2.45) is 0 Å². The average molecular weight is 390 g/mol. The summed E-state index contributed by atoms with van der Waals surface area (Å²) >= 11 is 6.85. The summed E-state index contributed by atoms with van der Waals surface area (Å²) in [6.45, 7) is 2.59. The Kier molecular flexibility index (Phi) is 6.89. The van der Waals surface area contributed by atoms with Gasteiger partial charge in [0.1, 0.15) is 5.75 Å². The van der Waals surface area contributed by atoms with Gasteiger partial charge in [-0.3, -0.25) is 4.79 Å². The van der Waals surface area contributed by atoms with Gasteiger partial charge in [0, 0.05) is 13.5 Å². The summed E-state index contributed by atoms with van der Waals surface area (Å²) in [6, 6.07) is 5.85. The highest BCUT2D eigenvalue weighted by atomic mass is 79.9. The van der Waals surface area contributed by atoms with Crippen LogP contribution in [0, 0.1) is 11.3 Å². The Bertz CT molecular complexity index is 475. The Morgan fingerprint density at radius 2 is 2.05 bits per heavy atom. The van der Waals surface area contributed by atoms with Gasteiger partial charge >= 0.3 is 0 Å². The number of halogens is 2. The summed E-state index contributed by atoms with van der Waals surface area (Å²) in [5.74, 6) is 0.674. The molecule has 0 unspecified atom stereocenters. The van der Waals surface area contributed by atoms with Gasteiger partial charge < -0.3 is 10.1 Å². The van der Waals surface area contributed by atoms with E-state index in [2.05, 4.69) is 43.2 Å². The molecule has 1 N–H and O–H groups in total. The Morgan fingerprint density at radius 3 is 2.58 bits per heavy atom. The molecule has 0 aliphatic heterocycles. The molecule has 0 spiro atoms. The molecule has 0 atom stereocenters. The summed E-state index contributed by atoms with van der Waals surface area (Å²) < 4.78 is 7.28. The molecular weight excluding hydrogens is 376 g/mol. The summed E-state index contributed by atoms with van der Waals surface area (Å²) in [5.41, 5.74) is 0.923. The number of nitrogens with zero attached hydrogens (tertiary/aromatic N) is 1. The molecule has 1 amide bonds. The molecule has 1 aromatic rings. The van der Waals surface area contributed by atoms with Crippen LogP contribution in [0.4, 0.5) is 0 Å². The van der Waals surface area contributed by atoms with Crippen molar-refractivity contribution in [2.45, 2.75) is 19.8 Å². The van der Waals surface area contributed by atoms with E-state index in [0.717, 1.165) is 20.9 Å². The van der Waals surface area contributed by atoms with Gasteiger partial charge in [-0.25, -0.2) is 0 Å². The van der Waals surface area contributed by atoms with Crippen LogP contribution in [0.2, 0.25) is 0 Å². The lowest BCUT2D eigenvalue weighted by Crippen LogP contribution is -2.22. The van der Waals surface area contributed by atoms with Crippen LogP contribution >= 0.6 is 31.9 Å². The maximum absolute atomic E-state index is 10.7. The number of carbonyl (C=O) groups is 1. The number of nitrogens with one attached hydrogen (secondary N) is 1. The van der Waals surface area contributed by atoms with Crippen LogP contribution in [-0.4, -0.2) is 19.1 Å². The van der Waals surface area contributed by atoms with Crippen molar-refractivity contribution in [2.75, 3.05) is 13.2 Å². The smallest absolute Gasteiger partial charge is 0.216 e. The van der Waals surface area contributed by atoms with Crippen molar-refractivity contribution in [1.82, 2.24) is 5.32 Å². The highest BCUT2D eigenvalue weighted by molar-refractivity contribution is 9.11. The number of hydrogen-bond acceptors (Lipinski definition) is 3. The van der Waals surface area contributed by atoms with E-state index < -0.39 is 0 Å². The van der Waals surface area contributed by atoms with Gasteiger partial charge in [0.2, 0.25) is 5.91 Å². The summed E-state index contributed by atoms with van der Waals surface area (Å²) in [4.78, 5) is 10.7. The predicted octanol–water partition coefficient (Wildman–Crippen LogP) is 3.18. The third-order valence-electron chi connectivity index (χ3n) is 2.28. The Morgan fingerprint density at radius 1 is 1.42 bits per heavy atom. The lowest BCUT2D eigenvalue weighted by molar-refractivity contribution is -0.118. The van der Waals surface area contributed by atoms with Gasteiger partial charge in [0.15, 0.2) is 0 Å². The molecule has 0 fully saturated rings. The molecule has 0 saturated carbocycles. The lowest BCUT2D eigenvalue weighted by Gasteiger charge is -2.11. The average Bonchev–Trinajstić information content (AvgIpc) is 2.31. The van der Waals surface area contributed by atoms with E-state index >= 15 is 0 Å². The van der Waals surface area contributed by atoms with E-state index in [0.29, 0.717) is 25.3 Å². The van der Waals surface area contributed by atoms with Gasteiger partial charge in [-0.1, -0.05) is 0 Å². The number of rotatable bonds is 6. The Hall–Kier alpha value is -1.06. The molecule has 1 aromatic carbocycles. The minimum atomic E-state index is -0.0387. The zero-order chi connectivity index (χ0) is 14.3. The van der Waals surface area contributed by atoms with E-state index in [1.807, 2.05) is 12.1 Å².